The summed E-state index contributed by atoms with van der Waals surface area (Å²) in [7, 11) is 0. The summed E-state index contributed by atoms with van der Waals surface area (Å²) in [6, 6.07) is 17.9. The third kappa shape index (κ3) is 4.78. The molecule has 1 aliphatic rings. The minimum absolute atomic E-state index is 0.300. The molecule has 0 saturated carbocycles. The zero-order valence-electron chi connectivity index (χ0n) is 18.6. The predicted octanol–water partition coefficient (Wildman–Crippen LogP) is 2.59. The highest BCUT2D eigenvalue weighted by Gasteiger charge is 2.14. The highest BCUT2D eigenvalue weighted by atomic mass is 16.1. The molecule has 170 valence electrons. The van der Waals surface area contributed by atoms with Crippen LogP contribution in [-0.4, -0.2) is 51.2 Å². The van der Waals surface area contributed by atoms with Gasteiger partial charge in [0.15, 0.2) is 5.82 Å². The Labute approximate surface area is 196 Å². The number of nitrogens with one attached hydrogen (secondary N) is 3. The maximum Gasteiger partial charge on any atom is 0.277 e. The topological polar surface area (TPSA) is 123 Å². The third-order valence-electron chi connectivity index (χ3n) is 5.82. The van der Waals surface area contributed by atoms with Crippen molar-refractivity contribution in [3.63, 3.8) is 0 Å². The molecule has 2 aromatic carbocycles. The van der Waals surface area contributed by atoms with Crippen molar-refractivity contribution in [3.8, 4) is 17.5 Å². The second-order valence-electron chi connectivity index (χ2n) is 8.24. The Hall–Kier alpha value is -4.13. The molecule has 1 saturated heterocycles. The van der Waals surface area contributed by atoms with Gasteiger partial charge in [0, 0.05) is 44.0 Å². The summed E-state index contributed by atoms with van der Waals surface area (Å²) in [4.78, 5) is 24.2. The van der Waals surface area contributed by atoms with Gasteiger partial charge in [0.05, 0.1) is 18.7 Å². The number of H-pyrrole nitrogens is 1. The standard InChI is InChI=1S/C25H24N8O/c26-9-8-17-2-1-3-19(14-17)23-30-21-15-28-32-25(34)22(21)24(31-23)29-20-6-4-18(5-7-20)16-33-12-10-27-11-13-33/h1-7,14-15,27H,8,10-13,16H2,(H,32,34)(H,29,30,31). The second-order valence-corrected chi connectivity index (χ2v) is 8.24. The molecule has 9 nitrogen and oxygen atoms in total. The largest absolute Gasteiger partial charge is 0.339 e. The van der Waals surface area contributed by atoms with Crippen LogP contribution in [0.25, 0.3) is 22.3 Å². The van der Waals surface area contributed by atoms with E-state index in [0.717, 1.165) is 49.5 Å². The smallest absolute Gasteiger partial charge is 0.277 e. The minimum atomic E-state index is -0.361. The van der Waals surface area contributed by atoms with Crippen LogP contribution in [0.5, 0.6) is 0 Å². The van der Waals surface area contributed by atoms with Gasteiger partial charge in [-0.05, 0) is 29.3 Å². The Morgan fingerprint density at radius 1 is 1.06 bits per heavy atom. The van der Waals surface area contributed by atoms with Crippen LogP contribution in [0.15, 0.2) is 59.5 Å². The van der Waals surface area contributed by atoms with E-state index in [0.29, 0.717) is 29.0 Å². The van der Waals surface area contributed by atoms with Gasteiger partial charge in [0.2, 0.25) is 0 Å². The van der Waals surface area contributed by atoms with Crippen LogP contribution in [0.1, 0.15) is 11.1 Å². The molecule has 0 bridgehead atoms. The molecule has 0 unspecified atom stereocenters. The van der Waals surface area contributed by atoms with Crippen molar-refractivity contribution >= 4 is 22.4 Å². The molecule has 4 aromatic rings. The maximum absolute atomic E-state index is 12.6. The fourth-order valence-electron chi connectivity index (χ4n) is 4.09. The van der Waals surface area contributed by atoms with Gasteiger partial charge in [0.25, 0.3) is 5.56 Å². The molecule has 9 heteroatoms. The molecule has 34 heavy (non-hydrogen) atoms. The fourth-order valence-corrected chi connectivity index (χ4v) is 4.09. The van der Waals surface area contributed by atoms with Crippen molar-refractivity contribution in [2.75, 3.05) is 31.5 Å². The van der Waals surface area contributed by atoms with Crippen LogP contribution in [0.2, 0.25) is 0 Å². The number of nitriles is 1. The van der Waals surface area contributed by atoms with Gasteiger partial charge in [-0.3, -0.25) is 9.69 Å². The van der Waals surface area contributed by atoms with Crippen molar-refractivity contribution in [1.29, 1.82) is 5.26 Å². The van der Waals surface area contributed by atoms with Gasteiger partial charge >= 0.3 is 0 Å². The average Bonchev–Trinajstić information content (AvgIpc) is 2.86. The lowest BCUT2D eigenvalue weighted by Crippen LogP contribution is -2.42. The number of aromatic nitrogens is 4. The molecular weight excluding hydrogens is 428 g/mol. The Balaban J connectivity index is 1.47. The van der Waals surface area contributed by atoms with Gasteiger partial charge in [-0.15, -0.1) is 0 Å². The van der Waals surface area contributed by atoms with E-state index >= 15 is 0 Å². The Morgan fingerprint density at radius 2 is 1.88 bits per heavy atom. The summed E-state index contributed by atoms with van der Waals surface area (Å²) < 4.78 is 0. The summed E-state index contributed by atoms with van der Waals surface area (Å²) in [6.45, 7) is 5.04. The van der Waals surface area contributed by atoms with E-state index < -0.39 is 0 Å². The highest BCUT2D eigenvalue weighted by Crippen LogP contribution is 2.26. The maximum atomic E-state index is 12.6. The van der Waals surface area contributed by atoms with Crippen LogP contribution in [0.4, 0.5) is 11.5 Å². The summed E-state index contributed by atoms with van der Waals surface area (Å²) in [6.07, 6.45) is 1.82. The van der Waals surface area contributed by atoms with Crippen LogP contribution < -0.4 is 16.2 Å². The molecule has 3 N–H and O–H groups in total. The van der Waals surface area contributed by atoms with E-state index in [2.05, 4.69) is 53.9 Å². The molecule has 0 spiro atoms. The van der Waals surface area contributed by atoms with Gasteiger partial charge < -0.3 is 10.6 Å². The van der Waals surface area contributed by atoms with E-state index in [1.54, 1.807) is 0 Å². The van der Waals surface area contributed by atoms with Gasteiger partial charge in [0.1, 0.15) is 16.7 Å². The van der Waals surface area contributed by atoms with Crippen molar-refractivity contribution in [2.45, 2.75) is 13.0 Å². The zero-order valence-corrected chi connectivity index (χ0v) is 18.6. The van der Waals surface area contributed by atoms with E-state index in [1.165, 1.54) is 11.8 Å². The summed E-state index contributed by atoms with van der Waals surface area (Å²) >= 11 is 0. The molecule has 0 atom stereocenters. The molecule has 5 rings (SSSR count). The monoisotopic (exact) mass is 452 g/mol. The van der Waals surface area contributed by atoms with E-state index in [4.69, 9.17) is 5.26 Å². The van der Waals surface area contributed by atoms with Crippen LogP contribution in [0.3, 0.4) is 0 Å². The third-order valence-corrected chi connectivity index (χ3v) is 5.82. The van der Waals surface area contributed by atoms with Crippen LogP contribution in [-0.2, 0) is 13.0 Å². The van der Waals surface area contributed by atoms with Gasteiger partial charge in [-0.25, -0.2) is 15.1 Å². The van der Waals surface area contributed by atoms with E-state index in [1.807, 2.05) is 36.4 Å². The molecule has 1 fully saturated rings. The lowest BCUT2D eigenvalue weighted by molar-refractivity contribution is 0.233. The zero-order chi connectivity index (χ0) is 23.3. The number of piperazine rings is 1. The number of nitrogens with zero attached hydrogens (tertiary/aromatic N) is 5. The average molecular weight is 453 g/mol. The molecular formula is C25H24N8O. The number of fused-ring (bicyclic) bond motifs is 1. The number of anilines is 2. The summed E-state index contributed by atoms with van der Waals surface area (Å²) in [5.41, 5.74) is 3.78. The SMILES string of the molecule is N#CCc1cccc(-c2nc(Nc3ccc(CN4CCNCC4)cc3)c3c(=O)[nH]ncc3n2)c1. The first kappa shape index (κ1) is 21.7. The van der Waals surface area contributed by atoms with Crippen LogP contribution >= 0.6 is 0 Å². The lowest BCUT2D eigenvalue weighted by atomic mass is 10.1. The number of hydrogen-bond acceptors (Lipinski definition) is 8. The number of benzene rings is 2. The van der Waals surface area contributed by atoms with Gasteiger partial charge in [-0.1, -0.05) is 30.3 Å². The first-order chi connectivity index (χ1) is 16.7. The highest BCUT2D eigenvalue weighted by molar-refractivity contribution is 5.91. The van der Waals surface area contributed by atoms with Crippen molar-refractivity contribution in [1.82, 2.24) is 30.4 Å². The van der Waals surface area contributed by atoms with E-state index in [9.17, 15) is 4.79 Å². The van der Waals surface area contributed by atoms with Crippen molar-refractivity contribution in [2.24, 2.45) is 0 Å². The second kappa shape index (κ2) is 9.79. The molecule has 2 aromatic heterocycles. The molecule has 3 heterocycles. The summed E-state index contributed by atoms with van der Waals surface area (Å²) in [5.74, 6) is 0.863. The molecule has 0 amide bonds. The Kier molecular flexibility index (Phi) is 6.25. The number of rotatable bonds is 6. The quantitative estimate of drug-likeness (QED) is 0.408. The van der Waals surface area contributed by atoms with Gasteiger partial charge in [-0.2, -0.15) is 10.4 Å². The van der Waals surface area contributed by atoms with Crippen LogP contribution in [0, 0.1) is 11.3 Å². The molecule has 0 radical (unpaired) electrons. The number of aromatic amines is 1. The predicted molar refractivity (Wildman–Crippen MR) is 131 cm³/mol. The van der Waals surface area contributed by atoms with Crippen molar-refractivity contribution < 1.29 is 0 Å². The number of hydrogen-bond donors (Lipinski definition) is 3. The van der Waals surface area contributed by atoms with E-state index in [-0.39, 0.29) is 5.56 Å². The molecule has 0 aliphatic carbocycles. The first-order valence-corrected chi connectivity index (χ1v) is 11.2. The lowest BCUT2D eigenvalue weighted by Gasteiger charge is -2.27. The Bertz CT molecular complexity index is 1400. The minimum Gasteiger partial charge on any atom is -0.339 e. The van der Waals surface area contributed by atoms with Crippen molar-refractivity contribution in [3.05, 3.63) is 76.2 Å². The first-order valence-electron chi connectivity index (χ1n) is 11.2. The fraction of sp³-hybridized carbons (Fsp3) is 0.240. The summed E-state index contributed by atoms with van der Waals surface area (Å²) in [5, 5.41) is 22.4. The normalized spacial score (nSPS) is 14.1. The molecule has 1 aliphatic heterocycles. The Morgan fingerprint density at radius 3 is 2.68 bits per heavy atom.